The zero-order valence-corrected chi connectivity index (χ0v) is 14.1. The maximum atomic E-state index is 12.4. The Bertz CT molecular complexity index is 452. The van der Waals surface area contributed by atoms with Gasteiger partial charge >= 0.3 is 0 Å². The fourth-order valence-corrected chi connectivity index (χ4v) is 4.08. The highest BCUT2D eigenvalue weighted by Crippen LogP contribution is 2.23. The average Bonchev–Trinajstić information content (AvgIpc) is 3.04. The maximum absolute atomic E-state index is 12.4. The summed E-state index contributed by atoms with van der Waals surface area (Å²) in [5, 5.41) is 9.31. The van der Waals surface area contributed by atoms with Crippen LogP contribution in [0.1, 0.15) is 24.6 Å². The summed E-state index contributed by atoms with van der Waals surface area (Å²) in [4.78, 5) is 17.6. The molecule has 1 fully saturated rings. The highest BCUT2D eigenvalue weighted by atomic mass is 79.9. The Morgan fingerprint density at radius 1 is 1.60 bits per heavy atom. The van der Waals surface area contributed by atoms with Gasteiger partial charge in [-0.25, -0.2) is 0 Å². The molecule has 1 saturated heterocycles. The van der Waals surface area contributed by atoms with E-state index in [1.54, 1.807) is 11.3 Å². The van der Waals surface area contributed by atoms with Crippen molar-refractivity contribution in [2.45, 2.75) is 32.4 Å². The largest absolute Gasteiger partial charge is 0.395 e. The van der Waals surface area contributed by atoms with Crippen LogP contribution in [0.2, 0.25) is 0 Å². The summed E-state index contributed by atoms with van der Waals surface area (Å²) in [5.41, 5.74) is 0. The molecule has 0 radical (unpaired) electrons. The van der Waals surface area contributed by atoms with E-state index in [2.05, 4.69) is 26.9 Å². The molecule has 0 saturated carbocycles. The third-order valence-corrected chi connectivity index (χ3v) is 5.37. The van der Waals surface area contributed by atoms with Crippen LogP contribution >= 0.6 is 27.3 Å². The molecule has 0 bridgehead atoms. The summed E-state index contributed by atoms with van der Waals surface area (Å²) in [6.07, 6.45) is 2.07. The fourth-order valence-electron chi connectivity index (χ4n) is 2.58. The molecule has 1 atom stereocenters. The molecule has 1 amide bonds. The van der Waals surface area contributed by atoms with Crippen LogP contribution in [-0.4, -0.2) is 53.1 Å². The highest BCUT2D eigenvalue weighted by molar-refractivity contribution is 9.11. The van der Waals surface area contributed by atoms with E-state index in [9.17, 15) is 9.90 Å². The number of aliphatic hydroxyl groups is 1. The van der Waals surface area contributed by atoms with Gasteiger partial charge in [0.05, 0.1) is 23.5 Å². The molecule has 2 rings (SSSR count). The Balaban J connectivity index is 1.91. The van der Waals surface area contributed by atoms with Crippen molar-refractivity contribution in [2.75, 3.05) is 26.2 Å². The number of nitrogens with zero attached hydrogens (tertiary/aromatic N) is 2. The van der Waals surface area contributed by atoms with Gasteiger partial charge < -0.3 is 10.0 Å². The molecular weight excluding hydrogens is 340 g/mol. The summed E-state index contributed by atoms with van der Waals surface area (Å²) in [6.45, 7) is 4.88. The number of halogens is 1. The summed E-state index contributed by atoms with van der Waals surface area (Å²) in [7, 11) is 0. The Kier molecular flexibility index (Phi) is 6.01. The molecule has 2 heterocycles. The molecule has 4 nitrogen and oxygen atoms in total. The lowest BCUT2D eigenvalue weighted by Gasteiger charge is -2.26. The van der Waals surface area contributed by atoms with Crippen molar-refractivity contribution < 1.29 is 9.90 Å². The Hall–Kier alpha value is -0.430. The first kappa shape index (κ1) is 15.9. The molecule has 1 aromatic rings. The molecule has 0 aromatic carbocycles. The van der Waals surface area contributed by atoms with Gasteiger partial charge in [0, 0.05) is 17.5 Å². The standard InChI is InChI=1S/C14H21BrN2O2S/c1-2-16(8-12-5-6-13(15)20-12)14(19)9-17-7-3-4-11(17)10-18/h5-6,11,18H,2-4,7-10H2,1H3/t11-/m0/s1. The SMILES string of the molecule is CCN(Cc1ccc(Br)s1)C(=O)CN1CCC[C@H]1CO. The summed E-state index contributed by atoms with van der Waals surface area (Å²) in [6, 6.07) is 4.23. The summed E-state index contributed by atoms with van der Waals surface area (Å²) >= 11 is 5.11. The Labute approximate surface area is 132 Å². The van der Waals surface area contributed by atoms with E-state index in [0.29, 0.717) is 19.6 Å². The molecular formula is C14H21BrN2O2S. The molecule has 1 aromatic heterocycles. The molecule has 1 aliphatic heterocycles. The van der Waals surface area contributed by atoms with Gasteiger partial charge in [0.2, 0.25) is 5.91 Å². The lowest BCUT2D eigenvalue weighted by Crippen LogP contribution is -2.42. The van der Waals surface area contributed by atoms with Crippen LogP contribution in [0.4, 0.5) is 0 Å². The van der Waals surface area contributed by atoms with Crippen LogP contribution in [0.5, 0.6) is 0 Å². The second-order valence-electron chi connectivity index (χ2n) is 5.06. The zero-order valence-electron chi connectivity index (χ0n) is 11.7. The van der Waals surface area contributed by atoms with Gasteiger partial charge in [-0.1, -0.05) is 0 Å². The van der Waals surface area contributed by atoms with E-state index in [-0.39, 0.29) is 18.6 Å². The molecule has 1 N–H and O–H groups in total. The number of carbonyl (C=O) groups excluding carboxylic acids is 1. The topological polar surface area (TPSA) is 43.8 Å². The van der Waals surface area contributed by atoms with E-state index in [0.717, 1.165) is 23.2 Å². The van der Waals surface area contributed by atoms with Gasteiger partial charge in [-0.05, 0) is 54.4 Å². The maximum Gasteiger partial charge on any atom is 0.237 e. The van der Waals surface area contributed by atoms with E-state index >= 15 is 0 Å². The van der Waals surface area contributed by atoms with Crippen LogP contribution in [-0.2, 0) is 11.3 Å². The second kappa shape index (κ2) is 7.54. The number of hydrogen-bond acceptors (Lipinski definition) is 4. The fraction of sp³-hybridized carbons (Fsp3) is 0.643. The van der Waals surface area contributed by atoms with Gasteiger partial charge in [0.15, 0.2) is 0 Å². The predicted molar refractivity (Wildman–Crippen MR) is 84.8 cm³/mol. The number of aliphatic hydroxyl groups excluding tert-OH is 1. The minimum atomic E-state index is 0.150. The second-order valence-corrected chi connectivity index (χ2v) is 7.61. The van der Waals surface area contributed by atoms with Crippen molar-refractivity contribution in [3.05, 3.63) is 20.8 Å². The minimum absolute atomic E-state index is 0.150. The molecule has 1 aliphatic rings. The van der Waals surface area contributed by atoms with E-state index in [1.165, 1.54) is 4.88 Å². The van der Waals surface area contributed by atoms with Crippen LogP contribution in [0, 0.1) is 0 Å². The highest BCUT2D eigenvalue weighted by Gasteiger charge is 2.27. The first-order valence-electron chi connectivity index (χ1n) is 7.01. The van der Waals surface area contributed by atoms with E-state index < -0.39 is 0 Å². The van der Waals surface area contributed by atoms with Crippen molar-refractivity contribution in [1.29, 1.82) is 0 Å². The van der Waals surface area contributed by atoms with Crippen LogP contribution < -0.4 is 0 Å². The molecule has 20 heavy (non-hydrogen) atoms. The molecule has 0 spiro atoms. The van der Waals surface area contributed by atoms with Crippen LogP contribution in [0.3, 0.4) is 0 Å². The molecule has 0 unspecified atom stereocenters. The molecule has 0 aliphatic carbocycles. The predicted octanol–water partition coefficient (Wildman–Crippen LogP) is 2.32. The van der Waals surface area contributed by atoms with Crippen molar-refractivity contribution >= 4 is 33.2 Å². The number of likely N-dealkylation sites (N-methyl/N-ethyl adjacent to an activating group) is 1. The lowest BCUT2D eigenvalue weighted by atomic mass is 10.2. The van der Waals surface area contributed by atoms with Crippen molar-refractivity contribution in [2.24, 2.45) is 0 Å². The third kappa shape index (κ3) is 4.04. The number of hydrogen-bond donors (Lipinski definition) is 1. The van der Waals surface area contributed by atoms with Gasteiger partial charge in [-0.15, -0.1) is 11.3 Å². The van der Waals surface area contributed by atoms with Crippen molar-refractivity contribution in [3.63, 3.8) is 0 Å². The van der Waals surface area contributed by atoms with Crippen molar-refractivity contribution in [1.82, 2.24) is 9.80 Å². The average molecular weight is 361 g/mol. The van der Waals surface area contributed by atoms with Gasteiger partial charge in [0.1, 0.15) is 0 Å². The molecule has 6 heteroatoms. The Morgan fingerprint density at radius 2 is 2.40 bits per heavy atom. The van der Waals surface area contributed by atoms with Crippen LogP contribution in [0.25, 0.3) is 0 Å². The van der Waals surface area contributed by atoms with Crippen molar-refractivity contribution in [3.8, 4) is 0 Å². The van der Waals surface area contributed by atoms with Gasteiger partial charge in [-0.2, -0.15) is 0 Å². The van der Waals surface area contributed by atoms with E-state index in [1.807, 2.05) is 17.9 Å². The van der Waals surface area contributed by atoms with E-state index in [4.69, 9.17) is 0 Å². The number of rotatable bonds is 6. The van der Waals surface area contributed by atoms with Gasteiger partial charge in [-0.3, -0.25) is 9.69 Å². The normalized spacial score (nSPS) is 19.4. The smallest absolute Gasteiger partial charge is 0.237 e. The van der Waals surface area contributed by atoms with Gasteiger partial charge in [0.25, 0.3) is 0 Å². The quantitative estimate of drug-likeness (QED) is 0.846. The lowest BCUT2D eigenvalue weighted by molar-refractivity contribution is -0.133. The third-order valence-electron chi connectivity index (χ3n) is 3.76. The first-order valence-corrected chi connectivity index (χ1v) is 8.62. The number of carbonyl (C=O) groups is 1. The zero-order chi connectivity index (χ0) is 14.5. The summed E-state index contributed by atoms with van der Waals surface area (Å²) < 4.78 is 1.09. The first-order chi connectivity index (χ1) is 9.63. The van der Waals surface area contributed by atoms with Crippen LogP contribution in [0.15, 0.2) is 15.9 Å². The Morgan fingerprint density at radius 3 is 3.00 bits per heavy atom. The number of thiophene rings is 1. The summed E-state index contributed by atoms with van der Waals surface area (Å²) in [5.74, 6) is 0.150. The number of likely N-dealkylation sites (tertiary alicyclic amines) is 1. The number of amides is 1. The monoisotopic (exact) mass is 360 g/mol. The molecule has 112 valence electrons. The minimum Gasteiger partial charge on any atom is -0.395 e.